The summed E-state index contributed by atoms with van der Waals surface area (Å²) in [5, 5.41) is 0. The third-order valence-electron chi connectivity index (χ3n) is 4.34. The maximum Gasteiger partial charge on any atom is 0.181 e. The number of carbonyl (C=O) groups excluding carboxylic acids is 1. The van der Waals surface area contributed by atoms with E-state index in [1.165, 1.54) is 5.56 Å². The van der Waals surface area contributed by atoms with E-state index < -0.39 is 12.3 Å². The van der Waals surface area contributed by atoms with Gasteiger partial charge in [-0.3, -0.25) is 0 Å². The molecule has 3 nitrogen and oxygen atoms in total. The number of alkyl halides is 1. The van der Waals surface area contributed by atoms with Crippen LogP contribution in [0.1, 0.15) is 29.2 Å². The zero-order chi connectivity index (χ0) is 18.9. The van der Waals surface area contributed by atoms with Crippen LogP contribution >= 0.6 is 0 Å². The first-order chi connectivity index (χ1) is 12.5. The minimum absolute atomic E-state index is 0.244. The number of aryl methyl sites for hydroxylation is 2. The van der Waals surface area contributed by atoms with Gasteiger partial charge in [-0.05, 0) is 25.0 Å². The summed E-state index contributed by atoms with van der Waals surface area (Å²) < 4.78 is 25.5. The number of benzene rings is 2. The number of rotatable bonds is 10. The highest BCUT2D eigenvalue weighted by atomic mass is 19.1. The minimum atomic E-state index is -1.67. The lowest BCUT2D eigenvalue weighted by atomic mass is 10.0. The van der Waals surface area contributed by atoms with Gasteiger partial charge in [-0.25, -0.2) is 4.39 Å². The number of carbonyl (C=O) groups is 1. The van der Waals surface area contributed by atoms with Crippen LogP contribution in [0.4, 0.5) is 4.39 Å². The molecule has 0 aliphatic rings. The molecule has 0 heterocycles. The molecule has 0 saturated heterocycles. The molecule has 0 unspecified atom stereocenters. The number of hydrogen-bond acceptors (Lipinski definition) is 3. The van der Waals surface area contributed by atoms with Gasteiger partial charge < -0.3 is 14.3 Å². The summed E-state index contributed by atoms with van der Waals surface area (Å²) in [7, 11) is 0. The molecule has 2 aromatic rings. The number of hydrogen-bond donors (Lipinski definition) is 0. The molecule has 0 fully saturated rings. The summed E-state index contributed by atoms with van der Waals surface area (Å²) in [5.41, 5.74) is 4.36. The molecule has 2 rings (SSSR count). The first-order valence-electron chi connectivity index (χ1n) is 8.89. The van der Waals surface area contributed by atoms with E-state index in [1.54, 1.807) is 0 Å². The van der Waals surface area contributed by atoms with Gasteiger partial charge in [0.1, 0.15) is 6.10 Å². The van der Waals surface area contributed by atoms with Crippen molar-refractivity contribution < 1.29 is 18.7 Å². The Balaban J connectivity index is 1.86. The maximum absolute atomic E-state index is 14.1. The second-order valence-corrected chi connectivity index (χ2v) is 6.82. The Morgan fingerprint density at radius 1 is 0.923 bits per heavy atom. The van der Waals surface area contributed by atoms with Gasteiger partial charge in [0.05, 0.1) is 19.8 Å². The molecule has 0 aliphatic heterocycles. The Morgan fingerprint density at radius 2 is 1.42 bits per heavy atom. The highest BCUT2D eigenvalue weighted by molar-refractivity contribution is 5.56. The zero-order valence-corrected chi connectivity index (χ0v) is 15.7. The lowest BCUT2D eigenvalue weighted by Gasteiger charge is -2.25. The highest BCUT2D eigenvalue weighted by Crippen LogP contribution is 2.18. The molecule has 0 aromatic heterocycles. The predicted molar refractivity (Wildman–Crippen MR) is 101 cm³/mol. The Hall–Kier alpha value is -2.04. The standard InChI is InChI=1S/C22H27FO3/c1-16-4-8-19(9-5-16)14-25-13-18(3)22(21(23)12-24)26-15-20-10-6-17(2)7-11-20/h4-12,18,21-22H,13-15H2,1-3H3/t18-,21+,22+/m0/s1. The Labute approximate surface area is 155 Å². The summed E-state index contributed by atoms with van der Waals surface area (Å²) >= 11 is 0. The molecule has 0 N–H and O–H groups in total. The van der Waals surface area contributed by atoms with Crippen LogP contribution in [0.3, 0.4) is 0 Å². The molecule has 0 saturated carbocycles. The number of halogens is 1. The first kappa shape index (κ1) is 20.3. The van der Waals surface area contributed by atoms with Crippen molar-refractivity contribution in [1.29, 1.82) is 0 Å². The second-order valence-electron chi connectivity index (χ2n) is 6.82. The number of aldehydes is 1. The van der Waals surface area contributed by atoms with Gasteiger partial charge in [-0.1, -0.05) is 66.6 Å². The van der Waals surface area contributed by atoms with E-state index in [9.17, 15) is 9.18 Å². The van der Waals surface area contributed by atoms with Crippen LogP contribution < -0.4 is 0 Å². The third kappa shape index (κ3) is 6.36. The van der Waals surface area contributed by atoms with Gasteiger partial charge >= 0.3 is 0 Å². The molecule has 0 radical (unpaired) electrons. The summed E-state index contributed by atoms with van der Waals surface area (Å²) in [6.07, 6.45) is -2.19. The quantitative estimate of drug-likeness (QED) is 0.583. The summed E-state index contributed by atoms with van der Waals surface area (Å²) in [6, 6.07) is 15.9. The van der Waals surface area contributed by atoms with E-state index in [0.29, 0.717) is 19.5 Å². The Bertz CT molecular complexity index is 667. The molecule has 3 atom stereocenters. The van der Waals surface area contributed by atoms with E-state index in [0.717, 1.165) is 16.7 Å². The van der Waals surface area contributed by atoms with Gasteiger partial charge in [-0.2, -0.15) is 0 Å². The van der Waals surface area contributed by atoms with E-state index in [-0.39, 0.29) is 12.5 Å². The molecule has 0 amide bonds. The average Bonchev–Trinajstić information content (AvgIpc) is 2.64. The summed E-state index contributed by atoms with van der Waals surface area (Å²) in [5.74, 6) is -0.244. The van der Waals surface area contributed by atoms with E-state index in [2.05, 4.69) is 0 Å². The smallest absolute Gasteiger partial charge is 0.181 e. The predicted octanol–water partition coefficient (Wildman–Crippen LogP) is 4.58. The molecular weight excluding hydrogens is 331 g/mol. The van der Waals surface area contributed by atoms with Crippen molar-refractivity contribution in [2.45, 2.75) is 46.3 Å². The van der Waals surface area contributed by atoms with E-state index in [4.69, 9.17) is 9.47 Å². The first-order valence-corrected chi connectivity index (χ1v) is 8.89. The maximum atomic E-state index is 14.1. The largest absolute Gasteiger partial charge is 0.376 e. The van der Waals surface area contributed by atoms with Gasteiger partial charge in [0.2, 0.25) is 0 Å². The van der Waals surface area contributed by atoms with Gasteiger partial charge in [0.25, 0.3) is 0 Å². The Kier molecular flexibility index (Phi) is 7.95. The van der Waals surface area contributed by atoms with Crippen molar-refractivity contribution >= 4 is 6.29 Å². The van der Waals surface area contributed by atoms with Crippen LogP contribution in [0.15, 0.2) is 48.5 Å². The molecule has 2 aromatic carbocycles. The molecule has 0 spiro atoms. The molecular formula is C22H27FO3. The van der Waals surface area contributed by atoms with Gasteiger partial charge in [-0.15, -0.1) is 0 Å². The van der Waals surface area contributed by atoms with Crippen LogP contribution in [0.2, 0.25) is 0 Å². The van der Waals surface area contributed by atoms with Gasteiger partial charge in [0, 0.05) is 5.92 Å². The summed E-state index contributed by atoms with van der Waals surface area (Å²) in [6.45, 7) is 6.91. The molecule has 26 heavy (non-hydrogen) atoms. The average molecular weight is 358 g/mol. The van der Waals surface area contributed by atoms with Crippen LogP contribution in [-0.4, -0.2) is 25.2 Å². The van der Waals surface area contributed by atoms with Crippen molar-refractivity contribution in [3.63, 3.8) is 0 Å². The lowest BCUT2D eigenvalue weighted by Crippen LogP contribution is -2.35. The number of ether oxygens (including phenoxy) is 2. The third-order valence-corrected chi connectivity index (χ3v) is 4.34. The zero-order valence-electron chi connectivity index (χ0n) is 15.7. The van der Waals surface area contributed by atoms with Crippen molar-refractivity contribution in [2.24, 2.45) is 5.92 Å². The fraction of sp³-hybridized carbons (Fsp3) is 0.409. The second kappa shape index (κ2) is 10.2. The van der Waals surface area contributed by atoms with Crippen LogP contribution in [-0.2, 0) is 27.5 Å². The van der Waals surface area contributed by atoms with Crippen molar-refractivity contribution in [3.8, 4) is 0 Å². The fourth-order valence-corrected chi connectivity index (χ4v) is 2.67. The topological polar surface area (TPSA) is 35.5 Å². The minimum Gasteiger partial charge on any atom is -0.376 e. The fourth-order valence-electron chi connectivity index (χ4n) is 2.67. The van der Waals surface area contributed by atoms with Crippen LogP contribution in [0.25, 0.3) is 0 Å². The van der Waals surface area contributed by atoms with Crippen LogP contribution in [0, 0.1) is 19.8 Å². The van der Waals surface area contributed by atoms with E-state index >= 15 is 0 Å². The van der Waals surface area contributed by atoms with Crippen LogP contribution in [0.5, 0.6) is 0 Å². The van der Waals surface area contributed by atoms with Gasteiger partial charge in [0.15, 0.2) is 12.5 Å². The van der Waals surface area contributed by atoms with Crippen molar-refractivity contribution in [2.75, 3.05) is 6.61 Å². The van der Waals surface area contributed by atoms with E-state index in [1.807, 2.05) is 69.3 Å². The highest BCUT2D eigenvalue weighted by Gasteiger charge is 2.27. The Morgan fingerprint density at radius 3 is 1.92 bits per heavy atom. The SMILES string of the molecule is Cc1ccc(COC[C@H](C)[C@@H](OCc2ccc(C)cc2)[C@H](F)C=O)cc1. The molecule has 0 bridgehead atoms. The summed E-state index contributed by atoms with van der Waals surface area (Å²) in [4.78, 5) is 10.9. The molecule has 0 aliphatic carbocycles. The molecule has 4 heteroatoms. The monoisotopic (exact) mass is 358 g/mol. The lowest BCUT2D eigenvalue weighted by molar-refractivity contribution is -0.122. The normalized spacial score (nSPS) is 14.6. The van der Waals surface area contributed by atoms with Crippen molar-refractivity contribution in [1.82, 2.24) is 0 Å². The van der Waals surface area contributed by atoms with Crippen molar-refractivity contribution in [3.05, 3.63) is 70.8 Å². The molecule has 140 valence electrons.